The fraction of sp³-hybridized carbons (Fsp3) is 0.320. The molecule has 1 saturated heterocycles. The molecule has 1 aliphatic rings. The molecule has 3 heterocycles. The van der Waals surface area contributed by atoms with Crippen LogP contribution in [0.1, 0.15) is 24.0 Å². The summed E-state index contributed by atoms with van der Waals surface area (Å²) in [5, 5.41) is 0.808. The van der Waals surface area contributed by atoms with E-state index in [-0.39, 0.29) is 18.0 Å². The first kappa shape index (κ1) is 20.3. The van der Waals surface area contributed by atoms with Crippen molar-refractivity contribution in [3.63, 3.8) is 0 Å². The summed E-state index contributed by atoms with van der Waals surface area (Å²) in [5.41, 5.74) is 3.40. The minimum absolute atomic E-state index is 0.0888. The Morgan fingerprint density at radius 1 is 0.938 bits per heavy atom. The molecule has 0 spiro atoms. The van der Waals surface area contributed by atoms with Crippen LogP contribution in [0.2, 0.25) is 0 Å². The zero-order valence-corrected chi connectivity index (χ0v) is 18.6. The van der Waals surface area contributed by atoms with Gasteiger partial charge in [-0.15, -0.1) is 0 Å². The van der Waals surface area contributed by atoms with Gasteiger partial charge in [-0.05, 0) is 56.5 Å². The molecule has 7 nitrogen and oxygen atoms in total. The van der Waals surface area contributed by atoms with Crippen molar-refractivity contribution in [3.05, 3.63) is 74.4 Å². The average molecular weight is 431 g/mol. The third kappa shape index (κ3) is 3.07. The molecular weight excluding hydrogens is 404 g/mol. The maximum Gasteiger partial charge on any atom is 0.336 e. The van der Waals surface area contributed by atoms with Crippen LogP contribution in [0.4, 0.5) is 0 Å². The first-order chi connectivity index (χ1) is 15.4. The zero-order valence-electron chi connectivity index (χ0n) is 18.6. The van der Waals surface area contributed by atoms with E-state index in [9.17, 15) is 14.4 Å². The van der Waals surface area contributed by atoms with Crippen LogP contribution in [0.5, 0.6) is 0 Å². The second kappa shape index (κ2) is 7.51. The maximum atomic E-state index is 13.7. The summed E-state index contributed by atoms with van der Waals surface area (Å²) in [7, 11) is 1.83. The van der Waals surface area contributed by atoms with Crippen molar-refractivity contribution >= 4 is 27.8 Å². The van der Waals surface area contributed by atoms with E-state index < -0.39 is 5.69 Å². The summed E-state index contributed by atoms with van der Waals surface area (Å²) >= 11 is 0. The molecule has 4 aromatic rings. The first-order valence-corrected chi connectivity index (χ1v) is 11.0. The largest absolute Gasteiger partial charge is 0.341 e. The van der Waals surface area contributed by atoms with Gasteiger partial charge in [-0.2, -0.15) is 0 Å². The number of fused-ring (bicyclic) bond motifs is 3. The highest BCUT2D eigenvalue weighted by Crippen LogP contribution is 2.27. The number of rotatable bonds is 3. The second-order valence-electron chi connectivity index (χ2n) is 8.71. The number of carbonyl (C=O) groups is 1. The molecule has 0 saturated carbocycles. The van der Waals surface area contributed by atoms with Gasteiger partial charge in [-0.1, -0.05) is 23.8 Å². The number of amides is 1. The molecule has 0 bridgehead atoms. The second-order valence-corrected chi connectivity index (χ2v) is 8.71. The van der Waals surface area contributed by atoms with Crippen molar-refractivity contribution in [1.82, 2.24) is 18.6 Å². The van der Waals surface area contributed by atoms with Gasteiger partial charge >= 0.3 is 5.69 Å². The molecule has 164 valence electrons. The summed E-state index contributed by atoms with van der Waals surface area (Å²) in [6, 6.07) is 13.2. The van der Waals surface area contributed by atoms with Gasteiger partial charge in [0.05, 0.1) is 16.7 Å². The standard InChI is InChI=1S/C25H26N4O3/c1-16-7-6-8-18(13-16)29-24(31)23-22(19-14-17(2)9-10-20(19)26(23)3)28(25(29)32)15-21(30)27-11-4-5-12-27/h6-10,13-14H,4-5,11-12,15H2,1-3H3. The Morgan fingerprint density at radius 2 is 1.66 bits per heavy atom. The molecule has 32 heavy (non-hydrogen) atoms. The Morgan fingerprint density at radius 3 is 2.38 bits per heavy atom. The molecule has 1 aliphatic heterocycles. The summed E-state index contributed by atoms with van der Waals surface area (Å²) in [4.78, 5) is 42.3. The summed E-state index contributed by atoms with van der Waals surface area (Å²) in [6.45, 7) is 5.23. The van der Waals surface area contributed by atoms with Crippen LogP contribution in [0.15, 0.2) is 52.1 Å². The fourth-order valence-electron chi connectivity index (χ4n) is 4.81. The van der Waals surface area contributed by atoms with E-state index in [1.807, 2.05) is 61.9 Å². The number of benzene rings is 2. The minimum Gasteiger partial charge on any atom is -0.341 e. The smallest absolute Gasteiger partial charge is 0.336 e. The highest BCUT2D eigenvalue weighted by Gasteiger charge is 2.25. The van der Waals surface area contributed by atoms with Gasteiger partial charge in [-0.25, -0.2) is 9.36 Å². The van der Waals surface area contributed by atoms with E-state index in [1.165, 1.54) is 9.13 Å². The van der Waals surface area contributed by atoms with Gasteiger partial charge in [0.1, 0.15) is 12.1 Å². The Balaban J connectivity index is 1.88. The number of carbonyl (C=O) groups excluding carboxylic acids is 1. The normalized spacial score (nSPS) is 14.0. The summed E-state index contributed by atoms with van der Waals surface area (Å²) in [6.07, 6.45) is 1.96. The predicted molar refractivity (Wildman–Crippen MR) is 126 cm³/mol. The van der Waals surface area contributed by atoms with Crippen LogP contribution in [0.3, 0.4) is 0 Å². The highest BCUT2D eigenvalue weighted by atomic mass is 16.2. The van der Waals surface area contributed by atoms with Crippen LogP contribution in [0, 0.1) is 13.8 Å². The summed E-state index contributed by atoms with van der Waals surface area (Å²) < 4.78 is 4.51. The van der Waals surface area contributed by atoms with E-state index >= 15 is 0 Å². The molecule has 2 aromatic carbocycles. The van der Waals surface area contributed by atoms with E-state index in [2.05, 4.69) is 0 Å². The van der Waals surface area contributed by atoms with Crippen LogP contribution in [0.25, 0.3) is 27.6 Å². The Kier molecular flexibility index (Phi) is 4.77. The third-order valence-corrected chi connectivity index (χ3v) is 6.44. The van der Waals surface area contributed by atoms with Gasteiger partial charge < -0.3 is 9.47 Å². The molecule has 5 rings (SSSR count). The number of nitrogens with zero attached hydrogens (tertiary/aromatic N) is 4. The lowest BCUT2D eigenvalue weighted by atomic mass is 10.1. The monoisotopic (exact) mass is 430 g/mol. The van der Waals surface area contributed by atoms with Crippen molar-refractivity contribution in [2.24, 2.45) is 7.05 Å². The Bertz CT molecular complexity index is 1500. The molecule has 2 aromatic heterocycles. The lowest BCUT2D eigenvalue weighted by molar-refractivity contribution is -0.130. The third-order valence-electron chi connectivity index (χ3n) is 6.44. The van der Waals surface area contributed by atoms with Gasteiger partial charge in [0.2, 0.25) is 5.91 Å². The van der Waals surface area contributed by atoms with Gasteiger partial charge in [0, 0.05) is 25.5 Å². The first-order valence-electron chi connectivity index (χ1n) is 11.0. The molecule has 0 radical (unpaired) electrons. The summed E-state index contributed by atoms with van der Waals surface area (Å²) in [5.74, 6) is -0.0926. The molecular formula is C25H26N4O3. The van der Waals surface area contributed by atoms with Gasteiger partial charge in [-0.3, -0.25) is 14.2 Å². The van der Waals surface area contributed by atoms with Crippen LogP contribution in [-0.4, -0.2) is 37.6 Å². The van der Waals surface area contributed by atoms with E-state index in [4.69, 9.17) is 0 Å². The van der Waals surface area contributed by atoms with E-state index in [1.54, 1.807) is 11.0 Å². The van der Waals surface area contributed by atoms with Crippen molar-refractivity contribution in [2.45, 2.75) is 33.2 Å². The fourth-order valence-corrected chi connectivity index (χ4v) is 4.81. The van der Waals surface area contributed by atoms with Crippen molar-refractivity contribution in [1.29, 1.82) is 0 Å². The van der Waals surface area contributed by atoms with Crippen LogP contribution < -0.4 is 11.2 Å². The van der Waals surface area contributed by atoms with Crippen molar-refractivity contribution < 1.29 is 4.79 Å². The molecule has 0 aliphatic carbocycles. The number of aryl methyl sites for hydroxylation is 3. The number of hydrogen-bond donors (Lipinski definition) is 0. The lowest BCUT2D eigenvalue weighted by Crippen LogP contribution is -2.42. The Hall–Kier alpha value is -3.61. The molecule has 0 unspecified atom stereocenters. The Labute approximate surface area is 185 Å². The maximum absolute atomic E-state index is 13.7. The zero-order chi connectivity index (χ0) is 22.6. The predicted octanol–water partition coefficient (Wildman–Crippen LogP) is 2.88. The van der Waals surface area contributed by atoms with Gasteiger partial charge in [0.25, 0.3) is 5.56 Å². The minimum atomic E-state index is -0.491. The molecule has 7 heteroatoms. The van der Waals surface area contributed by atoms with Crippen molar-refractivity contribution in [2.75, 3.05) is 13.1 Å². The molecule has 1 fully saturated rings. The number of likely N-dealkylation sites (tertiary alicyclic amines) is 1. The quantitative estimate of drug-likeness (QED) is 0.502. The number of hydrogen-bond acceptors (Lipinski definition) is 3. The molecule has 0 N–H and O–H groups in total. The van der Waals surface area contributed by atoms with E-state index in [0.29, 0.717) is 29.8 Å². The van der Waals surface area contributed by atoms with Gasteiger partial charge in [0.15, 0.2) is 0 Å². The topological polar surface area (TPSA) is 69.2 Å². The lowest BCUT2D eigenvalue weighted by Gasteiger charge is -2.18. The average Bonchev–Trinajstić information content (AvgIpc) is 3.38. The van der Waals surface area contributed by atoms with E-state index in [0.717, 1.165) is 34.9 Å². The molecule has 0 atom stereocenters. The highest BCUT2D eigenvalue weighted by molar-refractivity contribution is 6.06. The molecule has 1 amide bonds. The van der Waals surface area contributed by atoms with Crippen molar-refractivity contribution in [3.8, 4) is 5.69 Å². The van der Waals surface area contributed by atoms with Crippen LogP contribution in [-0.2, 0) is 18.4 Å². The van der Waals surface area contributed by atoms with Crippen LogP contribution >= 0.6 is 0 Å². The SMILES string of the molecule is Cc1cccc(-n2c(=O)c3c(c4cc(C)ccc4n3C)n(CC(=O)N3CCCC3)c2=O)c1. The number of aromatic nitrogens is 3.